The van der Waals surface area contributed by atoms with E-state index in [2.05, 4.69) is 37.5 Å². The van der Waals surface area contributed by atoms with E-state index >= 15 is 0 Å². The number of halogens is 3. The van der Waals surface area contributed by atoms with E-state index in [1.54, 1.807) is 20.3 Å². The molecule has 1 atom stereocenters. The van der Waals surface area contributed by atoms with Gasteiger partial charge in [0.15, 0.2) is 11.5 Å². The largest absolute Gasteiger partial charge is 0.493 e. The summed E-state index contributed by atoms with van der Waals surface area (Å²) in [7, 11) is 3.24. The van der Waals surface area contributed by atoms with Gasteiger partial charge in [0.05, 0.1) is 30.1 Å². The molecule has 8 heteroatoms. The van der Waals surface area contributed by atoms with Gasteiger partial charge in [0.25, 0.3) is 0 Å². The van der Waals surface area contributed by atoms with E-state index in [4.69, 9.17) is 21.1 Å². The molecule has 0 amide bonds. The Kier molecular flexibility index (Phi) is 4.98. The second-order valence-corrected chi connectivity index (χ2v) is 7.45. The molecule has 0 aliphatic carbocycles. The van der Waals surface area contributed by atoms with E-state index in [9.17, 15) is 4.39 Å². The summed E-state index contributed by atoms with van der Waals surface area (Å²) in [6.07, 6.45) is 2.21. The SMILES string of the molecule is COc1cc2ncnc3c2c(c1OC)CC(CI)N3c1ccc(Cl)c(F)c1. The van der Waals surface area contributed by atoms with Crippen molar-refractivity contribution in [2.45, 2.75) is 12.5 Å². The van der Waals surface area contributed by atoms with Gasteiger partial charge in [-0.05, 0) is 24.6 Å². The van der Waals surface area contributed by atoms with Gasteiger partial charge < -0.3 is 14.4 Å². The third-order valence-electron chi connectivity index (χ3n) is 4.74. The number of rotatable bonds is 4. The first kappa shape index (κ1) is 18.5. The maximum Gasteiger partial charge on any atom is 0.164 e. The molecular formula is C19H16ClFIN3O2. The van der Waals surface area contributed by atoms with E-state index in [0.29, 0.717) is 23.6 Å². The maximum absolute atomic E-state index is 14.1. The highest BCUT2D eigenvalue weighted by molar-refractivity contribution is 14.1. The molecule has 1 aromatic heterocycles. The first-order valence-corrected chi connectivity index (χ1v) is 10.2. The predicted octanol–water partition coefficient (Wildman–Crippen LogP) is 4.94. The molecule has 2 aromatic carbocycles. The van der Waals surface area contributed by atoms with Crippen LogP contribution in [0.25, 0.3) is 10.9 Å². The standard InChI is InChI=1S/C19H16ClFIN3O2/c1-26-16-7-15-17-12(18(16)27-2)5-11(8-22)25(19(17)24-9-23-15)10-3-4-13(20)14(21)6-10/h3-4,6-7,9,11H,5,8H2,1-2H3. The molecule has 1 aliphatic heterocycles. The van der Waals surface area contributed by atoms with Crippen LogP contribution in [0.15, 0.2) is 30.6 Å². The molecule has 5 nitrogen and oxygen atoms in total. The summed E-state index contributed by atoms with van der Waals surface area (Å²) in [5.41, 5.74) is 2.48. The molecule has 3 aromatic rings. The Morgan fingerprint density at radius 1 is 1.26 bits per heavy atom. The molecular weight excluding hydrogens is 484 g/mol. The molecule has 1 aliphatic rings. The Bertz CT molecular complexity index is 1030. The number of benzene rings is 2. The fourth-order valence-electron chi connectivity index (χ4n) is 3.58. The topological polar surface area (TPSA) is 47.5 Å². The summed E-state index contributed by atoms with van der Waals surface area (Å²) < 4.78 is 26.1. The highest BCUT2D eigenvalue weighted by Crippen LogP contribution is 2.46. The van der Waals surface area contributed by atoms with Crippen molar-refractivity contribution >= 4 is 56.6 Å². The quantitative estimate of drug-likeness (QED) is 0.376. The van der Waals surface area contributed by atoms with Crippen LogP contribution >= 0.6 is 34.2 Å². The van der Waals surface area contributed by atoms with Crippen LogP contribution in [-0.2, 0) is 6.42 Å². The lowest BCUT2D eigenvalue weighted by Crippen LogP contribution is -2.38. The van der Waals surface area contributed by atoms with E-state index in [-0.39, 0.29) is 11.1 Å². The van der Waals surface area contributed by atoms with Crippen molar-refractivity contribution in [1.29, 1.82) is 0 Å². The minimum atomic E-state index is -0.454. The number of alkyl halides is 1. The number of ether oxygens (including phenoxy) is 2. The van der Waals surface area contributed by atoms with Crippen molar-refractivity contribution in [2.75, 3.05) is 23.5 Å². The Balaban J connectivity index is 2.01. The molecule has 0 bridgehead atoms. The van der Waals surface area contributed by atoms with Crippen molar-refractivity contribution in [3.8, 4) is 11.5 Å². The van der Waals surface area contributed by atoms with Crippen LogP contribution in [-0.4, -0.2) is 34.7 Å². The second kappa shape index (κ2) is 7.27. The van der Waals surface area contributed by atoms with E-state index in [1.807, 2.05) is 12.1 Å². The van der Waals surface area contributed by atoms with Crippen LogP contribution in [0, 0.1) is 5.82 Å². The molecule has 0 spiro atoms. The molecule has 1 unspecified atom stereocenters. The van der Waals surface area contributed by atoms with Gasteiger partial charge in [0.1, 0.15) is 18.0 Å². The average Bonchev–Trinajstić information content (AvgIpc) is 2.69. The Hall–Kier alpha value is -1.87. The second-order valence-electron chi connectivity index (χ2n) is 6.16. The molecule has 0 radical (unpaired) electrons. The van der Waals surface area contributed by atoms with Crippen LogP contribution in [0.4, 0.5) is 15.9 Å². The van der Waals surface area contributed by atoms with Gasteiger partial charge in [0, 0.05) is 27.8 Å². The van der Waals surface area contributed by atoms with Crippen molar-refractivity contribution in [2.24, 2.45) is 0 Å². The highest BCUT2D eigenvalue weighted by atomic mass is 127. The summed E-state index contributed by atoms with van der Waals surface area (Å²) in [6.45, 7) is 0. The van der Waals surface area contributed by atoms with Crippen molar-refractivity contribution < 1.29 is 13.9 Å². The van der Waals surface area contributed by atoms with Gasteiger partial charge in [-0.25, -0.2) is 14.4 Å². The zero-order valence-corrected chi connectivity index (χ0v) is 17.6. The molecule has 2 heterocycles. The zero-order chi connectivity index (χ0) is 19.1. The molecule has 0 saturated heterocycles. The summed E-state index contributed by atoms with van der Waals surface area (Å²) >= 11 is 8.21. The van der Waals surface area contributed by atoms with E-state index < -0.39 is 5.82 Å². The van der Waals surface area contributed by atoms with Gasteiger partial charge in [-0.1, -0.05) is 34.2 Å². The number of methoxy groups -OCH3 is 2. The van der Waals surface area contributed by atoms with Gasteiger partial charge in [-0.2, -0.15) is 0 Å². The monoisotopic (exact) mass is 499 g/mol. The van der Waals surface area contributed by atoms with Crippen LogP contribution in [0.3, 0.4) is 0 Å². The number of aromatic nitrogens is 2. The smallest absolute Gasteiger partial charge is 0.164 e. The van der Waals surface area contributed by atoms with Crippen molar-refractivity contribution in [3.05, 3.63) is 47.0 Å². The minimum Gasteiger partial charge on any atom is -0.493 e. The van der Waals surface area contributed by atoms with Crippen LogP contribution in [0.5, 0.6) is 11.5 Å². The number of anilines is 2. The van der Waals surface area contributed by atoms with Gasteiger partial charge in [-0.3, -0.25) is 0 Å². The molecule has 4 rings (SSSR count). The number of hydrogen-bond acceptors (Lipinski definition) is 5. The summed E-state index contributed by atoms with van der Waals surface area (Å²) in [5.74, 6) is 1.61. The van der Waals surface area contributed by atoms with E-state index in [1.165, 1.54) is 12.4 Å². The van der Waals surface area contributed by atoms with Gasteiger partial charge >= 0.3 is 0 Å². The van der Waals surface area contributed by atoms with Gasteiger partial charge in [-0.15, -0.1) is 0 Å². The normalized spacial score (nSPS) is 15.9. The lowest BCUT2D eigenvalue weighted by Gasteiger charge is -2.37. The maximum atomic E-state index is 14.1. The fraction of sp³-hybridized carbons (Fsp3) is 0.263. The molecule has 140 valence electrons. The summed E-state index contributed by atoms with van der Waals surface area (Å²) in [4.78, 5) is 11.0. The number of hydrogen-bond donors (Lipinski definition) is 0. The number of nitrogens with zero attached hydrogens (tertiary/aromatic N) is 3. The van der Waals surface area contributed by atoms with Crippen molar-refractivity contribution in [1.82, 2.24) is 9.97 Å². The molecule has 0 fully saturated rings. The molecule has 0 N–H and O–H groups in total. The third-order valence-corrected chi connectivity index (χ3v) is 6.06. The van der Waals surface area contributed by atoms with Crippen LogP contribution < -0.4 is 14.4 Å². The Morgan fingerprint density at radius 2 is 2.07 bits per heavy atom. The fourth-order valence-corrected chi connectivity index (χ4v) is 4.41. The first-order valence-electron chi connectivity index (χ1n) is 8.27. The van der Waals surface area contributed by atoms with Crippen LogP contribution in [0.2, 0.25) is 5.02 Å². The lowest BCUT2D eigenvalue weighted by molar-refractivity contribution is 0.351. The highest BCUT2D eigenvalue weighted by Gasteiger charge is 2.33. The summed E-state index contributed by atoms with van der Waals surface area (Å²) in [6, 6.07) is 6.73. The average molecular weight is 500 g/mol. The molecule has 27 heavy (non-hydrogen) atoms. The van der Waals surface area contributed by atoms with Crippen LogP contribution in [0.1, 0.15) is 5.56 Å². The zero-order valence-electron chi connectivity index (χ0n) is 14.7. The minimum absolute atomic E-state index is 0.0674. The van der Waals surface area contributed by atoms with E-state index in [0.717, 1.165) is 26.7 Å². The lowest BCUT2D eigenvalue weighted by atomic mass is 9.94. The first-order chi connectivity index (χ1) is 13.1. The molecule has 0 saturated carbocycles. The predicted molar refractivity (Wildman–Crippen MR) is 113 cm³/mol. The summed E-state index contributed by atoms with van der Waals surface area (Å²) in [5, 5.41) is 0.994. The Morgan fingerprint density at radius 3 is 2.74 bits per heavy atom. The van der Waals surface area contributed by atoms with Crippen molar-refractivity contribution in [3.63, 3.8) is 0 Å². The van der Waals surface area contributed by atoms with Gasteiger partial charge in [0.2, 0.25) is 0 Å². The Labute approximate surface area is 174 Å². The third kappa shape index (κ3) is 2.97.